The van der Waals surface area contributed by atoms with Crippen molar-refractivity contribution in [3.05, 3.63) is 96.7 Å². The number of ether oxygens (including phenoxy) is 2. The maximum atomic E-state index is 13.6. The van der Waals surface area contributed by atoms with Gasteiger partial charge in [-0.25, -0.2) is 9.79 Å². The minimum absolute atomic E-state index is 0.183. The van der Waals surface area contributed by atoms with E-state index >= 15 is 0 Å². The summed E-state index contributed by atoms with van der Waals surface area (Å²) in [5.41, 5.74) is 2.60. The molecule has 6 nitrogen and oxygen atoms in total. The number of fused-ring (bicyclic) bond motifs is 1. The predicted molar refractivity (Wildman–Crippen MR) is 134 cm³/mol. The second-order valence-corrected chi connectivity index (χ2v) is 8.98. The standard InChI is InChI=1S/C27H28N2O4S/c1-4-6-16-33-20-14-12-18(13-15-20)17-22-25(30)29-24(19-10-8-7-9-11-19)23(26(31)32-3)21(5-2)28-27(29)34-22/h7-15,17,24H,4-6,16H2,1-3H3/b22-17-/t24-/m1/s1. The SMILES string of the molecule is CCCCOc1ccc(/C=c2\sc3n(c2=O)[C@H](c2ccccc2)C(C(=O)OC)=C(CC)N=3)cc1. The molecule has 3 aromatic rings. The van der Waals surface area contributed by atoms with Crippen molar-refractivity contribution < 1.29 is 14.3 Å². The van der Waals surface area contributed by atoms with Gasteiger partial charge in [-0.2, -0.15) is 0 Å². The van der Waals surface area contributed by atoms with Gasteiger partial charge < -0.3 is 9.47 Å². The lowest BCUT2D eigenvalue weighted by atomic mass is 9.95. The zero-order valence-corrected chi connectivity index (χ0v) is 20.4. The molecule has 0 N–H and O–H groups in total. The first kappa shape index (κ1) is 23.7. The van der Waals surface area contributed by atoms with Crippen LogP contribution in [0.5, 0.6) is 5.75 Å². The van der Waals surface area contributed by atoms with Gasteiger partial charge >= 0.3 is 5.97 Å². The Morgan fingerprint density at radius 2 is 1.85 bits per heavy atom. The van der Waals surface area contributed by atoms with E-state index in [1.807, 2.05) is 67.6 Å². The van der Waals surface area contributed by atoms with E-state index < -0.39 is 12.0 Å². The van der Waals surface area contributed by atoms with Crippen LogP contribution in [0.15, 0.2) is 75.7 Å². The van der Waals surface area contributed by atoms with Gasteiger partial charge in [0.15, 0.2) is 4.80 Å². The molecule has 0 amide bonds. The minimum Gasteiger partial charge on any atom is -0.494 e. The number of allylic oxidation sites excluding steroid dienone is 1. The number of thiazole rings is 1. The smallest absolute Gasteiger partial charge is 0.338 e. The van der Waals surface area contributed by atoms with E-state index in [0.29, 0.717) is 33.6 Å². The Labute approximate surface area is 202 Å². The molecule has 1 aliphatic rings. The van der Waals surface area contributed by atoms with Crippen molar-refractivity contribution in [3.8, 4) is 5.75 Å². The van der Waals surface area contributed by atoms with Crippen LogP contribution in [0.25, 0.3) is 6.08 Å². The number of unbranched alkanes of at least 4 members (excludes halogenated alkanes) is 1. The second-order valence-electron chi connectivity index (χ2n) is 7.97. The van der Waals surface area contributed by atoms with Crippen LogP contribution in [-0.2, 0) is 9.53 Å². The first-order valence-corrected chi connectivity index (χ1v) is 12.3. The van der Waals surface area contributed by atoms with E-state index in [0.717, 1.165) is 29.7 Å². The number of carbonyl (C=O) groups excluding carboxylic acids is 1. The van der Waals surface area contributed by atoms with E-state index in [1.165, 1.54) is 18.4 Å². The normalized spacial score (nSPS) is 15.6. The van der Waals surface area contributed by atoms with Gasteiger partial charge in [-0.15, -0.1) is 0 Å². The number of benzene rings is 2. The molecule has 0 radical (unpaired) electrons. The topological polar surface area (TPSA) is 69.9 Å². The van der Waals surface area contributed by atoms with Gasteiger partial charge in [-0.05, 0) is 42.2 Å². The van der Waals surface area contributed by atoms with Crippen LogP contribution in [0, 0.1) is 0 Å². The molecule has 1 aromatic heterocycles. The lowest BCUT2D eigenvalue weighted by molar-refractivity contribution is -0.136. The van der Waals surface area contributed by atoms with Crippen molar-refractivity contribution in [3.63, 3.8) is 0 Å². The third-order valence-electron chi connectivity index (χ3n) is 5.71. The van der Waals surface area contributed by atoms with Crippen LogP contribution in [-0.4, -0.2) is 24.3 Å². The summed E-state index contributed by atoms with van der Waals surface area (Å²) >= 11 is 1.33. The predicted octanol–water partition coefficient (Wildman–Crippen LogP) is 3.98. The summed E-state index contributed by atoms with van der Waals surface area (Å²) in [4.78, 5) is 31.6. The van der Waals surface area contributed by atoms with Gasteiger partial charge in [0.25, 0.3) is 5.56 Å². The first-order valence-electron chi connectivity index (χ1n) is 11.5. The van der Waals surface area contributed by atoms with E-state index in [4.69, 9.17) is 9.47 Å². The van der Waals surface area contributed by atoms with Gasteiger partial charge in [0.1, 0.15) is 5.75 Å². The van der Waals surface area contributed by atoms with Crippen LogP contribution < -0.4 is 19.6 Å². The Hall–Kier alpha value is -3.45. The van der Waals surface area contributed by atoms with Crippen molar-refractivity contribution in [2.24, 2.45) is 4.99 Å². The molecule has 0 spiro atoms. The summed E-state index contributed by atoms with van der Waals surface area (Å²) < 4.78 is 13.0. The van der Waals surface area contributed by atoms with Crippen LogP contribution in [0.3, 0.4) is 0 Å². The van der Waals surface area contributed by atoms with E-state index in [1.54, 1.807) is 4.57 Å². The quantitative estimate of drug-likeness (QED) is 0.364. The molecule has 0 unspecified atom stereocenters. The maximum Gasteiger partial charge on any atom is 0.338 e. The fourth-order valence-electron chi connectivity index (χ4n) is 3.96. The van der Waals surface area contributed by atoms with Crippen LogP contribution in [0.4, 0.5) is 0 Å². The summed E-state index contributed by atoms with van der Waals surface area (Å²) in [6.45, 7) is 4.76. The Balaban J connectivity index is 1.81. The summed E-state index contributed by atoms with van der Waals surface area (Å²) in [7, 11) is 1.35. The highest BCUT2D eigenvalue weighted by atomic mass is 32.1. The van der Waals surface area contributed by atoms with Gasteiger partial charge in [0, 0.05) is 0 Å². The van der Waals surface area contributed by atoms with Crippen LogP contribution in [0.1, 0.15) is 50.3 Å². The van der Waals surface area contributed by atoms with Gasteiger partial charge in [0.05, 0.1) is 35.6 Å². The number of carbonyl (C=O) groups is 1. The molecule has 0 saturated carbocycles. The summed E-state index contributed by atoms with van der Waals surface area (Å²) in [6, 6.07) is 16.7. The fourth-order valence-corrected chi connectivity index (χ4v) is 4.98. The highest BCUT2D eigenvalue weighted by molar-refractivity contribution is 7.07. The van der Waals surface area contributed by atoms with E-state index in [-0.39, 0.29) is 5.56 Å². The number of hydrogen-bond acceptors (Lipinski definition) is 6. The zero-order valence-electron chi connectivity index (χ0n) is 19.6. The first-order chi connectivity index (χ1) is 16.6. The Morgan fingerprint density at radius 1 is 1.12 bits per heavy atom. The average Bonchev–Trinajstić information content (AvgIpc) is 3.18. The van der Waals surface area contributed by atoms with Crippen LogP contribution in [0.2, 0.25) is 0 Å². The Bertz CT molecular complexity index is 1370. The van der Waals surface area contributed by atoms with Crippen molar-refractivity contribution >= 4 is 23.4 Å². The molecular formula is C27H28N2O4S. The lowest BCUT2D eigenvalue weighted by Gasteiger charge is -2.25. The maximum absolute atomic E-state index is 13.6. The molecule has 2 aromatic carbocycles. The Kier molecular flexibility index (Phi) is 7.43. The summed E-state index contributed by atoms with van der Waals surface area (Å²) in [5.74, 6) is 0.342. The third kappa shape index (κ3) is 4.75. The largest absolute Gasteiger partial charge is 0.494 e. The molecule has 4 rings (SSSR count). The molecule has 0 aliphatic carbocycles. The number of rotatable bonds is 8. The zero-order chi connectivity index (χ0) is 24.1. The van der Waals surface area contributed by atoms with Crippen molar-refractivity contribution in [1.82, 2.24) is 4.57 Å². The molecule has 7 heteroatoms. The van der Waals surface area contributed by atoms with Crippen molar-refractivity contribution in [2.75, 3.05) is 13.7 Å². The molecule has 176 valence electrons. The molecule has 1 aliphatic heterocycles. The summed E-state index contributed by atoms with van der Waals surface area (Å²) in [6.07, 6.45) is 4.51. The van der Waals surface area contributed by atoms with Gasteiger partial charge in [-0.1, -0.05) is 74.1 Å². The molecule has 34 heavy (non-hydrogen) atoms. The Morgan fingerprint density at radius 3 is 2.50 bits per heavy atom. The highest BCUT2D eigenvalue weighted by Crippen LogP contribution is 2.31. The van der Waals surface area contributed by atoms with Gasteiger partial charge in [0.2, 0.25) is 0 Å². The number of hydrogen-bond donors (Lipinski definition) is 0. The third-order valence-corrected chi connectivity index (χ3v) is 6.69. The minimum atomic E-state index is -0.587. The number of nitrogens with zero attached hydrogens (tertiary/aromatic N) is 2. The summed E-state index contributed by atoms with van der Waals surface area (Å²) in [5, 5.41) is 0. The monoisotopic (exact) mass is 476 g/mol. The van der Waals surface area contributed by atoms with E-state index in [9.17, 15) is 9.59 Å². The molecule has 2 heterocycles. The number of methoxy groups -OCH3 is 1. The molecule has 0 bridgehead atoms. The molecule has 0 fully saturated rings. The molecular weight excluding hydrogens is 448 g/mol. The molecule has 1 atom stereocenters. The van der Waals surface area contributed by atoms with Crippen molar-refractivity contribution in [1.29, 1.82) is 0 Å². The van der Waals surface area contributed by atoms with Gasteiger partial charge in [-0.3, -0.25) is 9.36 Å². The van der Waals surface area contributed by atoms with Crippen molar-refractivity contribution in [2.45, 2.75) is 39.2 Å². The lowest BCUT2D eigenvalue weighted by Crippen LogP contribution is -2.40. The van der Waals surface area contributed by atoms with E-state index in [2.05, 4.69) is 11.9 Å². The van der Waals surface area contributed by atoms with Crippen LogP contribution >= 0.6 is 11.3 Å². The number of esters is 1. The molecule has 0 saturated heterocycles. The highest BCUT2D eigenvalue weighted by Gasteiger charge is 2.33. The second kappa shape index (κ2) is 10.7. The average molecular weight is 477 g/mol. The number of aromatic nitrogens is 1. The fraction of sp³-hybridized carbons (Fsp3) is 0.296.